The highest BCUT2D eigenvalue weighted by atomic mass is 31.1. The van der Waals surface area contributed by atoms with Crippen LogP contribution in [0.1, 0.15) is 43.0 Å². The average Bonchev–Trinajstić information content (AvgIpc) is 2.80. The van der Waals surface area contributed by atoms with E-state index in [0.29, 0.717) is 5.56 Å². The van der Waals surface area contributed by atoms with Crippen LogP contribution in [0, 0.1) is 20.8 Å². The molecule has 0 aliphatic carbocycles. The van der Waals surface area contributed by atoms with Crippen molar-refractivity contribution in [3.05, 3.63) is 88.0 Å². The lowest BCUT2D eigenvalue weighted by atomic mass is 9.92. The number of methoxy groups -OCH3 is 2. The molecule has 31 heavy (non-hydrogen) atoms. The fourth-order valence-electron chi connectivity index (χ4n) is 3.55. The normalized spacial score (nSPS) is 11.1. The van der Waals surface area contributed by atoms with Crippen molar-refractivity contribution in [2.45, 2.75) is 20.8 Å². The number of carbonyl (C=O) groups excluding carboxylic acids is 2. The summed E-state index contributed by atoms with van der Waals surface area (Å²) in [7, 11) is 0.263. The van der Waals surface area contributed by atoms with E-state index in [2.05, 4.69) is 0 Å². The Hall–Kier alpha value is -3.30. The monoisotopic (exact) mass is 435 g/mol. The molecule has 3 aromatic rings. The number of hydrogen-bond donors (Lipinski definition) is 0. The SMILES string of the molecule is COc1cccc(OC)c1C(=O)[P](=O)c1ccccc1C(=O)c1c(C)ccc(C)c1C. The van der Waals surface area contributed by atoms with Gasteiger partial charge in [-0.1, -0.05) is 30.3 Å². The lowest BCUT2D eigenvalue weighted by Crippen LogP contribution is -2.18. The number of ether oxygens (including phenoxy) is 2. The summed E-state index contributed by atoms with van der Waals surface area (Å²) in [6.07, 6.45) is 0. The molecule has 0 bridgehead atoms. The zero-order chi connectivity index (χ0) is 22.7. The molecule has 0 heterocycles. The topological polar surface area (TPSA) is 69.7 Å². The predicted molar refractivity (Wildman–Crippen MR) is 122 cm³/mol. The number of rotatable bonds is 7. The number of aryl methyl sites for hydroxylation is 2. The van der Waals surface area contributed by atoms with Crippen molar-refractivity contribution < 1.29 is 23.6 Å². The van der Waals surface area contributed by atoms with Gasteiger partial charge in [0, 0.05) is 11.1 Å². The molecule has 1 radical (unpaired) electrons. The van der Waals surface area contributed by atoms with Crippen LogP contribution in [-0.2, 0) is 4.57 Å². The third kappa shape index (κ3) is 4.14. The lowest BCUT2D eigenvalue weighted by Gasteiger charge is -2.15. The van der Waals surface area contributed by atoms with Gasteiger partial charge in [0.05, 0.1) is 19.5 Å². The van der Waals surface area contributed by atoms with E-state index >= 15 is 0 Å². The Kier molecular flexibility index (Phi) is 6.67. The smallest absolute Gasteiger partial charge is 0.254 e. The fourth-order valence-corrected chi connectivity index (χ4v) is 4.81. The molecule has 3 rings (SSSR count). The van der Waals surface area contributed by atoms with Gasteiger partial charge in [-0.3, -0.25) is 14.2 Å². The predicted octanol–water partition coefficient (Wildman–Crippen LogP) is 5.15. The van der Waals surface area contributed by atoms with Gasteiger partial charge in [-0.2, -0.15) is 0 Å². The molecule has 0 saturated carbocycles. The summed E-state index contributed by atoms with van der Waals surface area (Å²) in [4.78, 5) is 26.7. The van der Waals surface area contributed by atoms with Gasteiger partial charge in [0.2, 0.25) is 0 Å². The van der Waals surface area contributed by atoms with Gasteiger partial charge >= 0.3 is 0 Å². The first-order valence-electron chi connectivity index (χ1n) is 9.74. The van der Waals surface area contributed by atoms with Crippen LogP contribution in [0.4, 0.5) is 0 Å². The van der Waals surface area contributed by atoms with Crippen LogP contribution in [0.25, 0.3) is 0 Å². The first-order valence-corrected chi connectivity index (χ1v) is 11.0. The molecule has 0 amide bonds. The third-order valence-electron chi connectivity index (χ3n) is 5.36. The van der Waals surface area contributed by atoms with Crippen molar-refractivity contribution in [1.29, 1.82) is 0 Å². The Morgan fingerprint density at radius 3 is 1.94 bits per heavy atom. The van der Waals surface area contributed by atoms with Gasteiger partial charge < -0.3 is 9.47 Å². The van der Waals surface area contributed by atoms with Crippen molar-refractivity contribution in [3.63, 3.8) is 0 Å². The Morgan fingerprint density at radius 2 is 1.32 bits per heavy atom. The van der Waals surface area contributed by atoms with E-state index in [4.69, 9.17) is 9.47 Å². The molecule has 0 spiro atoms. The number of ketones is 1. The summed E-state index contributed by atoms with van der Waals surface area (Å²) in [5, 5.41) is 0.195. The van der Waals surface area contributed by atoms with Crippen LogP contribution in [0.5, 0.6) is 11.5 Å². The maximum Gasteiger partial charge on any atom is 0.254 e. The van der Waals surface area contributed by atoms with Crippen LogP contribution in [0.2, 0.25) is 0 Å². The van der Waals surface area contributed by atoms with E-state index in [9.17, 15) is 14.2 Å². The van der Waals surface area contributed by atoms with E-state index in [0.717, 1.165) is 16.7 Å². The molecule has 1 atom stereocenters. The van der Waals surface area contributed by atoms with Gasteiger partial charge in [0.15, 0.2) is 13.6 Å². The van der Waals surface area contributed by atoms with Gasteiger partial charge in [-0.05, 0) is 61.7 Å². The highest BCUT2D eigenvalue weighted by molar-refractivity contribution is 7.71. The van der Waals surface area contributed by atoms with Gasteiger partial charge in [-0.15, -0.1) is 0 Å². The first-order chi connectivity index (χ1) is 14.8. The minimum atomic E-state index is -2.60. The Morgan fingerprint density at radius 1 is 0.742 bits per heavy atom. The Bertz CT molecular complexity index is 1170. The van der Waals surface area contributed by atoms with Gasteiger partial charge in [-0.25, -0.2) is 0 Å². The molecule has 0 aromatic heterocycles. The summed E-state index contributed by atoms with van der Waals surface area (Å²) in [5.41, 5.74) is 2.95. The summed E-state index contributed by atoms with van der Waals surface area (Å²) >= 11 is 0. The quantitative estimate of drug-likeness (QED) is 0.379. The van der Waals surface area contributed by atoms with Crippen LogP contribution in [-0.4, -0.2) is 25.5 Å². The van der Waals surface area contributed by atoms with Crippen molar-refractivity contribution in [3.8, 4) is 11.5 Å². The van der Waals surface area contributed by atoms with E-state index in [1.807, 2.05) is 32.9 Å². The number of carbonyl (C=O) groups is 2. The molecule has 3 aromatic carbocycles. The molecule has 6 heteroatoms. The highest BCUT2D eigenvalue weighted by Crippen LogP contribution is 2.38. The summed E-state index contributed by atoms with van der Waals surface area (Å²) < 4.78 is 24.0. The van der Waals surface area contributed by atoms with Gasteiger partial charge in [0.25, 0.3) is 5.52 Å². The highest BCUT2D eigenvalue weighted by Gasteiger charge is 2.29. The second-order valence-electron chi connectivity index (χ2n) is 7.18. The Labute approximate surface area is 182 Å². The molecule has 0 aliphatic heterocycles. The molecular weight excluding hydrogens is 411 g/mol. The summed E-state index contributed by atoms with van der Waals surface area (Å²) in [6, 6.07) is 15.3. The molecule has 5 nitrogen and oxygen atoms in total. The van der Waals surface area contributed by atoms with Crippen molar-refractivity contribution in [1.82, 2.24) is 0 Å². The molecule has 0 N–H and O–H groups in total. The number of hydrogen-bond acceptors (Lipinski definition) is 5. The molecule has 1 unspecified atom stereocenters. The molecule has 0 saturated heterocycles. The molecule has 0 fully saturated rings. The van der Waals surface area contributed by atoms with Crippen LogP contribution < -0.4 is 14.8 Å². The van der Waals surface area contributed by atoms with E-state index in [1.54, 1.807) is 42.5 Å². The summed E-state index contributed by atoms with van der Waals surface area (Å²) in [6.45, 7) is 5.70. The van der Waals surface area contributed by atoms with Crippen molar-refractivity contribution in [2.24, 2.45) is 0 Å². The first kappa shape index (κ1) is 22.4. The van der Waals surface area contributed by atoms with E-state index in [1.165, 1.54) is 14.2 Å². The fraction of sp³-hybridized carbons (Fsp3) is 0.200. The van der Waals surface area contributed by atoms with Crippen LogP contribution in [0.3, 0.4) is 0 Å². The zero-order valence-corrected chi connectivity index (χ0v) is 19.1. The lowest BCUT2D eigenvalue weighted by molar-refractivity contribution is 0.103. The minimum Gasteiger partial charge on any atom is -0.496 e. The second-order valence-corrected chi connectivity index (χ2v) is 8.66. The van der Waals surface area contributed by atoms with Gasteiger partial charge in [0.1, 0.15) is 17.1 Å². The zero-order valence-electron chi connectivity index (χ0n) is 18.2. The van der Waals surface area contributed by atoms with Crippen LogP contribution >= 0.6 is 7.80 Å². The largest absolute Gasteiger partial charge is 0.496 e. The third-order valence-corrected chi connectivity index (χ3v) is 6.78. The maximum absolute atomic E-state index is 13.5. The molecule has 0 aliphatic rings. The standard InChI is InChI=1S/C25H24O5P/c1-15-13-14-16(2)22(17(15)3)24(26)18-9-6-7-12-21(18)31(28)25(27)23-19(29-4)10-8-11-20(23)30-5/h6-14H,1-5H3. The van der Waals surface area contributed by atoms with Crippen molar-refractivity contribution in [2.75, 3.05) is 14.2 Å². The molecular formula is C25H24O5P. The Balaban J connectivity index is 2.12. The van der Waals surface area contributed by atoms with E-state index in [-0.39, 0.29) is 33.7 Å². The second kappa shape index (κ2) is 9.23. The molecule has 159 valence electrons. The van der Waals surface area contributed by atoms with E-state index < -0.39 is 13.3 Å². The average molecular weight is 435 g/mol. The minimum absolute atomic E-state index is 0.0961. The summed E-state index contributed by atoms with van der Waals surface area (Å²) in [5.74, 6) is 0.279. The maximum atomic E-state index is 13.5. The number of benzene rings is 3. The van der Waals surface area contributed by atoms with Crippen molar-refractivity contribution >= 4 is 24.4 Å². The van der Waals surface area contributed by atoms with Crippen LogP contribution in [0.15, 0.2) is 54.6 Å².